The molecular weight excluding hydrogens is 238 g/mol. The van der Waals surface area contributed by atoms with Crippen molar-refractivity contribution in [3.05, 3.63) is 35.4 Å². The highest BCUT2D eigenvalue weighted by molar-refractivity contribution is 5.94. The van der Waals surface area contributed by atoms with E-state index < -0.39 is 0 Å². The van der Waals surface area contributed by atoms with Gasteiger partial charge in [-0.05, 0) is 31.8 Å². The van der Waals surface area contributed by atoms with Gasteiger partial charge in [0, 0.05) is 25.2 Å². The molecule has 1 rings (SSSR count). The predicted octanol–water partition coefficient (Wildman–Crippen LogP) is 0.859. The van der Waals surface area contributed by atoms with Crippen molar-refractivity contribution in [3.8, 4) is 0 Å². The first-order valence-electron chi connectivity index (χ1n) is 5.35. The topological polar surface area (TPSA) is 58.4 Å². The van der Waals surface area contributed by atoms with Crippen molar-refractivity contribution in [2.45, 2.75) is 6.54 Å². The van der Waals surface area contributed by atoms with Crippen molar-refractivity contribution < 1.29 is 4.79 Å². The predicted molar refractivity (Wildman–Crippen MR) is 72.5 cm³/mol. The Labute approximate surface area is 109 Å². The summed E-state index contributed by atoms with van der Waals surface area (Å²) < 4.78 is 0. The molecule has 1 aromatic carbocycles. The molecule has 0 spiro atoms. The molecule has 0 saturated heterocycles. The van der Waals surface area contributed by atoms with E-state index in [0.29, 0.717) is 18.7 Å². The molecule has 4 nitrogen and oxygen atoms in total. The summed E-state index contributed by atoms with van der Waals surface area (Å²) in [5.41, 5.74) is 7.19. The van der Waals surface area contributed by atoms with Gasteiger partial charge in [-0.1, -0.05) is 12.1 Å². The number of nitrogens with one attached hydrogen (secondary N) is 1. The van der Waals surface area contributed by atoms with Crippen molar-refractivity contribution in [2.75, 3.05) is 27.2 Å². The third-order valence-corrected chi connectivity index (χ3v) is 2.30. The van der Waals surface area contributed by atoms with E-state index in [1.54, 1.807) is 12.1 Å². The highest BCUT2D eigenvalue weighted by atomic mass is 35.5. The van der Waals surface area contributed by atoms with E-state index in [4.69, 9.17) is 5.73 Å². The van der Waals surface area contributed by atoms with Crippen LogP contribution in [0.25, 0.3) is 0 Å². The summed E-state index contributed by atoms with van der Waals surface area (Å²) in [5, 5.41) is 2.86. The fourth-order valence-corrected chi connectivity index (χ4v) is 1.29. The van der Waals surface area contributed by atoms with Gasteiger partial charge in [0.25, 0.3) is 5.91 Å². The Balaban J connectivity index is 0.00000256. The first-order chi connectivity index (χ1) is 7.63. The van der Waals surface area contributed by atoms with Gasteiger partial charge in [0.2, 0.25) is 0 Å². The van der Waals surface area contributed by atoms with Gasteiger partial charge < -0.3 is 16.0 Å². The number of hydrogen-bond donors (Lipinski definition) is 2. The second kappa shape index (κ2) is 8.06. The Morgan fingerprint density at radius 3 is 2.35 bits per heavy atom. The first kappa shape index (κ1) is 15.9. The van der Waals surface area contributed by atoms with Crippen LogP contribution in [0.15, 0.2) is 24.3 Å². The first-order valence-corrected chi connectivity index (χ1v) is 5.35. The fourth-order valence-electron chi connectivity index (χ4n) is 1.29. The summed E-state index contributed by atoms with van der Waals surface area (Å²) in [4.78, 5) is 13.7. The zero-order valence-electron chi connectivity index (χ0n) is 10.3. The van der Waals surface area contributed by atoms with E-state index in [2.05, 4.69) is 5.32 Å². The van der Waals surface area contributed by atoms with Gasteiger partial charge in [0.05, 0.1) is 0 Å². The molecule has 0 heterocycles. The molecule has 0 fully saturated rings. The lowest BCUT2D eigenvalue weighted by Crippen LogP contribution is -2.31. The molecule has 1 aromatic rings. The number of carbonyl (C=O) groups excluding carboxylic acids is 1. The fraction of sp³-hybridized carbons (Fsp3) is 0.417. The summed E-state index contributed by atoms with van der Waals surface area (Å²) in [7, 11) is 3.95. The standard InChI is InChI=1S/C12H19N3O.ClH/c1-15(2)8-7-14-12(16)11-5-3-10(9-13)4-6-11;/h3-6H,7-9,13H2,1-2H3,(H,14,16);1H. The van der Waals surface area contributed by atoms with Crippen LogP contribution in [0, 0.1) is 0 Å². The van der Waals surface area contributed by atoms with E-state index in [1.807, 2.05) is 31.1 Å². The average Bonchev–Trinajstić information content (AvgIpc) is 2.28. The van der Waals surface area contributed by atoms with Crippen molar-refractivity contribution in [1.82, 2.24) is 10.2 Å². The van der Waals surface area contributed by atoms with Crippen LogP contribution in [0.5, 0.6) is 0 Å². The molecular formula is C12H20ClN3O. The maximum atomic E-state index is 11.7. The molecule has 17 heavy (non-hydrogen) atoms. The Kier molecular flexibility index (Phi) is 7.54. The molecule has 1 amide bonds. The van der Waals surface area contributed by atoms with E-state index in [0.717, 1.165) is 12.1 Å². The number of carbonyl (C=O) groups is 1. The minimum absolute atomic E-state index is 0. The van der Waals surface area contributed by atoms with Crippen LogP contribution < -0.4 is 11.1 Å². The molecule has 5 heteroatoms. The Morgan fingerprint density at radius 2 is 1.88 bits per heavy atom. The Hall–Kier alpha value is -1.10. The molecule has 0 aromatic heterocycles. The van der Waals surface area contributed by atoms with Crippen molar-refractivity contribution in [2.24, 2.45) is 5.73 Å². The largest absolute Gasteiger partial charge is 0.351 e. The molecule has 0 radical (unpaired) electrons. The maximum Gasteiger partial charge on any atom is 0.251 e. The minimum Gasteiger partial charge on any atom is -0.351 e. The number of likely N-dealkylation sites (N-methyl/N-ethyl adjacent to an activating group) is 1. The van der Waals surface area contributed by atoms with E-state index >= 15 is 0 Å². The lowest BCUT2D eigenvalue weighted by Gasteiger charge is -2.10. The van der Waals surface area contributed by atoms with Gasteiger partial charge in [0.15, 0.2) is 0 Å². The highest BCUT2D eigenvalue weighted by Crippen LogP contribution is 2.03. The van der Waals surface area contributed by atoms with Gasteiger partial charge in [-0.15, -0.1) is 12.4 Å². The summed E-state index contributed by atoms with van der Waals surface area (Å²) in [5.74, 6) is -0.0366. The Bertz CT molecular complexity index is 338. The summed E-state index contributed by atoms with van der Waals surface area (Å²) in [6.45, 7) is 2.00. The van der Waals surface area contributed by atoms with Crippen molar-refractivity contribution in [3.63, 3.8) is 0 Å². The van der Waals surface area contributed by atoms with Crippen LogP contribution in [-0.2, 0) is 6.54 Å². The molecule has 0 saturated carbocycles. The molecule has 0 unspecified atom stereocenters. The molecule has 3 N–H and O–H groups in total. The average molecular weight is 258 g/mol. The van der Waals surface area contributed by atoms with Gasteiger partial charge >= 0.3 is 0 Å². The number of rotatable bonds is 5. The van der Waals surface area contributed by atoms with Crippen molar-refractivity contribution in [1.29, 1.82) is 0 Å². The van der Waals surface area contributed by atoms with E-state index in [-0.39, 0.29) is 18.3 Å². The molecule has 0 aliphatic heterocycles. The lowest BCUT2D eigenvalue weighted by molar-refractivity contribution is 0.0951. The Morgan fingerprint density at radius 1 is 1.29 bits per heavy atom. The second-order valence-corrected chi connectivity index (χ2v) is 3.96. The number of hydrogen-bond acceptors (Lipinski definition) is 3. The zero-order valence-corrected chi connectivity index (χ0v) is 11.1. The number of halogens is 1. The minimum atomic E-state index is -0.0366. The van der Waals surface area contributed by atoms with Crippen LogP contribution in [0.3, 0.4) is 0 Å². The second-order valence-electron chi connectivity index (χ2n) is 3.96. The maximum absolute atomic E-state index is 11.7. The van der Waals surface area contributed by atoms with Crippen LogP contribution in [0.4, 0.5) is 0 Å². The van der Waals surface area contributed by atoms with Crippen molar-refractivity contribution >= 4 is 18.3 Å². The lowest BCUT2D eigenvalue weighted by atomic mass is 10.1. The summed E-state index contributed by atoms with van der Waals surface area (Å²) in [6.07, 6.45) is 0. The van der Waals surface area contributed by atoms with Crippen LogP contribution in [-0.4, -0.2) is 38.0 Å². The monoisotopic (exact) mass is 257 g/mol. The normalized spacial score (nSPS) is 9.88. The summed E-state index contributed by atoms with van der Waals surface area (Å²) in [6, 6.07) is 7.35. The molecule has 0 aliphatic carbocycles. The third kappa shape index (κ3) is 5.68. The quantitative estimate of drug-likeness (QED) is 0.823. The SMILES string of the molecule is CN(C)CCNC(=O)c1ccc(CN)cc1.Cl. The van der Waals surface area contributed by atoms with Gasteiger partial charge in [-0.25, -0.2) is 0 Å². The molecule has 0 bridgehead atoms. The van der Waals surface area contributed by atoms with E-state index in [1.165, 1.54) is 0 Å². The molecule has 0 atom stereocenters. The molecule has 96 valence electrons. The number of amides is 1. The van der Waals surface area contributed by atoms with Gasteiger partial charge in [-0.2, -0.15) is 0 Å². The highest BCUT2D eigenvalue weighted by Gasteiger charge is 2.04. The zero-order chi connectivity index (χ0) is 12.0. The van der Waals surface area contributed by atoms with E-state index in [9.17, 15) is 4.79 Å². The smallest absolute Gasteiger partial charge is 0.251 e. The summed E-state index contributed by atoms with van der Waals surface area (Å²) >= 11 is 0. The number of nitrogens with zero attached hydrogens (tertiary/aromatic N) is 1. The van der Waals surface area contributed by atoms with Crippen LogP contribution in [0.1, 0.15) is 15.9 Å². The van der Waals surface area contributed by atoms with Crippen LogP contribution in [0.2, 0.25) is 0 Å². The van der Waals surface area contributed by atoms with Gasteiger partial charge in [0.1, 0.15) is 0 Å². The number of nitrogens with two attached hydrogens (primary N) is 1. The third-order valence-electron chi connectivity index (χ3n) is 2.30. The van der Waals surface area contributed by atoms with Crippen LogP contribution >= 0.6 is 12.4 Å². The van der Waals surface area contributed by atoms with Gasteiger partial charge in [-0.3, -0.25) is 4.79 Å². The molecule has 0 aliphatic rings. The number of benzene rings is 1.